The number of benzene rings is 1. The average Bonchev–Trinajstić information content (AvgIpc) is 3.20. The van der Waals surface area contributed by atoms with E-state index in [1.807, 2.05) is 6.92 Å². The minimum absolute atomic E-state index is 0.0357. The minimum Gasteiger partial charge on any atom is -0.452 e. The lowest BCUT2D eigenvalue weighted by Gasteiger charge is -2.48. The van der Waals surface area contributed by atoms with Gasteiger partial charge in [-0.25, -0.2) is 9.59 Å². The molecule has 4 rings (SSSR count). The van der Waals surface area contributed by atoms with Crippen LogP contribution < -0.4 is 11.0 Å². The van der Waals surface area contributed by atoms with Gasteiger partial charge in [-0.3, -0.25) is 14.3 Å². The monoisotopic (exact) mass is 456 g/mol. The van der Waals surface area contributed by atoms with Crippen LogP contribution in [0.2, 0.25) is 0 Å². The Hall–Kier alpha value is -2.91. The lowest BCUT2D eigenvalue weighted by molar-refractivity contribution is -0.125. The molecule has 178 valence electrons. The number of carbonyl (C=O) groups excluding carboxylic acids is 2. The molecule has 0 atom stereocenters. The molecule has 2 fully saturated rings. The Bertz CT molecular complexity index is 1010. The van der Waals surface area contributed by atoms with E-state index in [1.165, 1.54) is 11.0 Å². The van der Waals surface area contributed by atoms with Crippen LogP contribution in [0.5, 0.6) is 0 Å². The molecule has 0 spiro atoms. The molecule has 1 aromatic heterocycles. The highest BCUT2D eigenvalue weighted by atomic mass is 16.5. The van der Waals surface area contributed by atoms with Gasteiger partial charge in [-0.15, -0.1) is 0 Å². The van der Waals surface area contributed by atoms with Gasteiger partial charge >= 0.3 is 11.7 Å². The van der Waals surface area contributed by atoms with Crippen molar-refractivity contribution >= 4 is 11.9 Å². The standard InChI is InChI=1S/C24H32N4O5/c1-18-15-25-23(31)28(18)20-7-5-19(6-8-20)22(30)33-16-21(29)26-17-24(9-3-2-4-10-24)27-11-13-32-14-12-27/h5-8,15H,2-4,9-14,16-17H2,1H3,(H,25,31)(H,26,29). The molecule has 0 unspecified atom stereocenters. The van der Waals surface area contributed by atoms with Crippen LogP contribution in [-0.2, 0) is 14.3 Å². The number of ether oxygens (including phenoxy) is 2. The first-order valence-electron chi connectivity index (χ1n) is 11.6. The molecule has 2 heterocycles. The maximum atomic E-state index is 12.5. The van der Waals surface area contributed by atoms with E-state index in [1.54, 1.807) is 30.5 Å². The minimum atomic E-state index is -0.574. The van der Waals surface area contributed by atoms with Crippen LogP contribution in [0.4, 0.5) is 0 Å². The fraction of sp³-hybridized carbons (Fsp3) is 0.542. The number of rotatable bonds is 7. The molecule has 1 saturated heterocycles. The number of nitrogens with one attached hydrogen (secondary N) is 2. The van der Waals surface area contributed by atoms with E-state index < -0.39 is 5.97 Å². The molecule has 2 aliphatic rings. The van der Waals surface area contributed by atoms with E-state index in [0.717, 1.165) is 57.7 Å². The average molecular weight is 457 g/mol. The second-order valence-corrected chi connectivity index (χ2v) is 8.85. The quantitative estimate of drug-likeness (QED) is 0.616. The number of esters is 1. The van der Waals surface area contributed by atoms with E-state index >= 15 is 0 Å². The van der Waals surface area contributed by atoms with Crippen molar-refractivity contribution in [2.75, 3.05) is 39.5 Å². The Kier molecular flexibility index (Phi) is 7.29. The highest BCUT2D eigenvalue weighted by Gasteiger charge is 2.38. The van der Waals surface area contributed by atoms with Crippen molar-refractivity contribution in [3.63, 3.8) is 0 Å². The van der Waals surface area contributed by atoms with Crippen LogP contribution in [0.25, 0.3) is 5.69 Å². The summed E-state index contributed by atoms with van der Waals surface area (Å²) < 4.78 is 12.2. The summed E-state index contributed by atoms with van der Waals surface area (Å²) in [5.41, 5.74) is 1.46. The molecule has 1 aromatic carbocycles. The molecule has 9 heteroatoms. The van der Waals surface area contributed by atoms with Crippen LogP contribution in [0.1, 0.15) is 48.2 Å². The van der Waals surface area contributed by atoms with Gasteiger partial charge < -0.3 is 19.8 Å². The number of H-pyrrole nitrogens is 1. The number of aryl methyl sites for hydroxylation is 1. The van der Waals surface area contributed by atoms with Gasteiger partial charge in [-0.05, 0) is 44.0 Å². The number of carbonyl (C=O) groups is 2. The maximum Gasteiger partial charge on any atom is 0.338 e. The third-order valence-corrected chi connectivity index (χ3v) is 6.74. The zero-order chi connectivity index (χ0) is 23.3. The first kappa shape index (κ1) is 23.3. The molecule has 1 saturated carbocycles. The van der Waals surface area contributed by atoms with E-state index in [2.05, 4.69) is 15.2 Å². The summed E-state index contributed by atoms with van der Waals surface area (Å²) in [6.07, 6.45) is 7.29. The molecule has 33 heavy (non-hydrogen) atoms. The number of imidazole rings is 1. The summed E-state index contributed by atoms with van der Waals surface area (Å²) >= 11 is 0. The molecule has 0 radical (unpaired) electrons. The molecule has 1 aliphatic carbocycles. The van der Waals surface area contributed by atoms with Crippen LogP contribution in [0.15, 0.2) is 35.3 Å². The lowest BCUT2D eigenvalue weighted by Crippen LogP contribution is -2.59. The smallest absolute Gasteiger partial charge is 0.338 e. The molecular formula is C24H32N4O5. The van der Waals surface area contributed by atoms with Crippen LogP contribution in [0, 0.1) is 6.92 Å². The third kappa shape index (κ3) is 5.36. The van der Waals surface area contributed by atoms with Gasteiger partial charge in [0.2, 0.25) is 0 Å². The van der Waals surface area contributed by atoms with Gasteiger partial charge in [-0.2, -0.15) is 0 Å². The van der Waals surface area contributed by atoms with Crippen LogP contribution >= 0.6 is 0 Å². The van der Waals surface area contributed by atoms with E-state index in [9.17, 15) is 14.4 Å². The van der Waals surface area contributed by atoms with Gasteiger partial charge in [0, 0.05) is 37.1 Å². The second kappa shape index (κ2) is 10.4. The van der Waals surface area contributed by atoms with Crippen molar-refractivity contribution in [1.82, 2.24) is 19.8 Å². The Labute approximate surface area is 193 Å². The van der Waals surface area contributed by atoms with Gasteiger partial charge in [0.15, 0.2) is 6.61 Å². The van der Waals surface area contributed by atoms with Crippen molar-refractivity contribution in [2.24, 2.45) is 0 Å². The van der Waals surface area contributed by atoms with E-state index in [0.29, 0.717) is 17.8 Å². The normalized spacial score (nSPS) is 18.6. The Morgan fingerprint density at radius 3 is 2.45 bits per heavy atom. The first-order chi connectivity index (χ1) is 16.0. The number of aromatic amines is 1. The predicted molar refractivity (Wildman–Crippen MR) is 123 cm³/mol. The predicted octanol–water partition coefficient (Wildman–Crippen LogP) is 1.78. The fourth-order valence-corrected chi connectivity index (χ4v) is 4.90. The third-order valence-electron chi connectivity index (χ3n) is 6.74. The summed E-state index contributed by atoms with van der Waals surface area (Å²) in [5, 5.41) is 3.00. The number of nitrogens with zero attached hydrogens (tertiary/aromatic N) is 2. The maximum absolute atomic E-state index is 12.5. The Morgan fingerprint density at radius 1 is 1.12 bits per heavy atom. The Morgan fingerprint density at radius 2 is 1.82 bits per heavy atom. The van der Waals surface area contributed by atoms with Crippen LogP contribution in [0.3, 0.4) is 0 Å². The largest absolute Gasteiger partial charge is 0.452 e. The summed E-state index contributed by atoms with van der Waals surface area (Å²) in [7, 11) is 0. The van der Waals surface area contributed by atoms with Gasteiger partial charge in [0.1, 0.15) is 0 Å². The van der Waals surface area contributed by atoms with Crippen molar-refractivity contribution in [3.05, 3.63) is 52.2 Å². The van der Waals surface area contributed by atoms with Gasteiger partial charge in [0.05, 0.1) is 24.5 Å². The molecule has 0 bridgehead atoms. The fourth-order valence-electron chi connectivity index (χ4n) is 4.90. The Balaban J connectivity index is 1.30. The number of aromatic nitrogens is 2. The topological polar surface area (TPSA) is 106 Å². The highest BCUT2D eigenvalue weighted by molar-refractivity contribution is 5.91. The second-order valence-electron chi connectivity index (χ2n) is 8.85. The van der Waals surface area contributed by atoms with E-state index in [4.69, 9.17) is 9.47 Å². The van der Waals surface area contributed by atoms with Crippen molar-refractivity contribution in [3.8, 4) is 5.69 Å². The number of amides is 1. The van der Waals surface area contributed by atoms with Gasteiger partial charge in [0.25, 0.3) is 5.91 Å². The summed E-state index contributed by atoms with van der Waals surface area (Å²) in [5.74, 6) is -0.872. The number of hydrogen-bond donors (Lipinski definition) is 2. The highest BCUT2D eigenvalue weighted by Crippen LogP contribution is 2.33. The zero-order valence-corrected chi connectivity index (χ0v) is 19.1. The summed E-state index contributed by atoms with van der Waals surface area (Å²) in [6, 6.07) is 6.52. The SMILES string of the molecule is Cc1c[nH]c(=O)n1-c1ccc(C(=O)OCC(=O)NCC2(N3CCOCC3)CCCCC2)cc1. The van der Waals surface area contributed by atoms with E-state index in [-0.39, 0.29) is 23.7 Å². The first-order valence-corrected chi connectivity index (χ1v) is 11.6. The number of hydrogen-bond acceptors (Lipinski definition) is 6. The van der Waals surface area contributed by atoms with Crippen molar-refractivity contribution in [1.29, 1.82) is 0 Å². The van der Waals surface area contributed by atoms with Gasteiger partial charge in [-0.1, -0.05) is 19.3 Å². The summed E-state index contributed by atoms with van der Waals surface area (Å²) in [6.45, 7) is 5.27. The number of morpholine rings is 1. The summed E-state index contributed by atoms with van der Waals surface area (Å²) in [4.78, 5) is 41.8. The van der Waals surface area contributed by atoms with Crippen molar-refractivity contribution < 1.29 is 19.1 Å². The molecule has 2 aromatic rings. The van der Waals surface area contributed by atoms with Crippen molar-refractivity contribution in [2.45, 2.75) is 44.6 Å². The molecule has 9 nitrogen and oxygen atoms in total. The molecule has 1 aliphatic heterocycles. The van der Waals surface area contributed by atoms with Crippen LogP contribution in [-0.4, -0.2) is 71.3 Å². The molecule has 1 amide bonds. The zero-order valence-electron chi connectivity index (χ0n) is 19.1. The molecule has 2 N–H and O–H groups in total. The lowest BCUT2D eigenvalue weighted by atomic mass is 9.79. The molecular weight excluding hydrogens is 424 g/mol.